The number of halogens is 3. The predicted octanol–water partition coefficient (Wildman–Crippen LogP) is 9.21. The van der Waals surface area contributed by atoms with E-state index in [9.17, 15) is 4.39 Å². The van der Waals surface area contributed by atoms with Gasteiger partial charge in [-0.3, -0.25) is 0 Å². The third-order valence-corrected chi connectivity index (χ3v) is 13.3. The normalized spacial score (nSPS) is 12.4. The van der Waals surface area contributed by atoms with Crippen LogP contribution >= 0.6 is 34.5 Å². The Morgan fingerprint density at radius 2 is 1.75 bits per heavy atom. The molecule has 0 radical (unpaired) electrons. The molecule has 9 heteroatoms. The van der Waals surface area contributed by atoms with E-state index in [2.05, 4.69) is 49.1 Å². The van der Waals surface area contributed by atoms with Crippen LogP contribution in [0.3, 0.4) is 0 Å². The van der Waals surface area contributed by atoms with Crippen molar-refractivity contribution in [3.63, 3.8) is 0 Å². The molecular formula is C27H30Cl2FN3OSSi. The maximum absolute atomic E-state index is 13.6. The van der Waals surface area contributed by atoms with Gasteiger partial charge >= 0.3 is 0 Å². The van der Waals surface area contributed by atoms with Crippen LogP contribution in [0.2, 0.25) is 28.3 Å². The van der Waals surface area contributed by atoms with Crippen LogP contribution in [0, 0.1) is 12.7 Å². The van der Waals surface area contributed by atoms with Gasteiger partial charge in [-0.15, -0.1) is 11.3 Å². The smallest absolute Gasteiger partial charge is 0.192 e. The fourth-order valence-electron chi connectivity index (χ4n) is 3.76. The highest BCUT2D eigenvalue weighted by molar-refractivity contribution is 7.22. The number of hydrogen-bond acceptors (Lipinski definition) is 5. The molecule has 4 nitrogen and oxygen atoms in total. The standard InChI is InChI=1S/C27H30Cl2FN3OSSi/c1-16-19(11-12-20(23(16)28)31-13-14-34-36(5,6)27(2,3)4)21-22-25(29)32-15-33-26(22)35-24(21)17-7-9-18(30)10-8-17/h7-12,15,31H,13-14H2,1-6H3. The minimum absolute atomic E-state index is 0.166. The van der Waals surface area contributed by atoms with Crippen LogP contribution in [-0.4, -0.2) is 31.4 Å². The van der Waals surface area contributed by atoms with E-state index in [0.29, 0.717) is 23.3 Å². The van der Waals surface area contributed by atoms with Crippen LogP contribution in [0.15, 0.2) is 42.7 Å². The molecule has 0 saturated carbocycles. The van der Waals surface area contributed by atoms with E-state index < -0.39 is 8.32 Å². The first-order valence-corrected chi connectivity index (χ1v) is 16.2. The summed E-state index contributed by atoms with van der Waals surface area (Å²) < 4.78 is 19.9. The first kappa shape index (κ1) is 27.0. The number of rotatable bonds is 7. The van der Waals surface area contributed by atoms with Gasteiger partial charge in [0, 0.05) is 17.0 Å². The second-order valence-electron chi connectivity index (χ2n) is 10.3. The van der Waals surface area contributed by atoms with Crippen molar-refractivity contribution in [3.05, 3.63) is 64.3 Å². The highest BCUT2D eigenvalue weighted by Crippen LogP contribution is 2.48. The molecule has 0 amide bonds. The van der Waals surface area contributed by atoms with E-state index in [-0.39, 0.29) is 10.9 Å². The minimum atomic E-state index is -1.81. The fraction of sp³-hybridized carbons (Fsp3) is 0.333. The van der Waals surface area contributed by atoms with Crippen LogP contribution in [0.4, 0.5) is 10.1 Å². The van der Waals surface area contributed by atoms with Gasteiger partial charge in [-0.1, -0.05) is 62.2 Å². The van der Waals surface area contributed by atoms with E-state index in [1.54, 1.807) is 12.1 Å². The first-order chi connectivity index (χ1) is 16.9. The Bertz CT molecular complexity index is 1400. The highest BCUT2D eigenvalue weighted by Gasteiger charge is 2.36. The lowest BCUT2D eigenvalue weighted by Crippen LogP contribution is -2.41. The maximum atomic E-state index is 13.6. The number of fused-ring (bicyclic) bond motifs is 1. The van der Waals surface area contributed by atoms with E-state index >= 15 is 0 Å². The molecule has 2 aromatic heterocycles. The summed E-state index contributed by atoms with van der Waals surface area (Å²) in [5.41, 5.74) is 4.48. The molecule has 0 saturated heterocycles. The fourth-order valence-corrected chi connectivity index (χ4v) is 6.48. The summed E-state index contributed by atoms with van der Waals surface area (Å²) >= 11 is 14.9. The van der Waals surface area contributed by atoms with Crippen LogP contribution in [0.5, 0.6) is 0 Å². The van der Waals surface area contributed by atoms with E-state index in [1.165, 1.54) is 29.8 Å². The third kappa shape index (κ3) is 5.31. The molecule has 0 aliphatic rings. The Balaban J connectivity index is 1.68. The van der Waals surface area contributed by atoms with E-state index in [1.807, 2.05) is 19.1 Å². The van der Waals surface area contributed by atoms with Crippen LogP contribution in [-0.2, 0) is 4.43 Å². The van der Waals surface area contributed by atoms with Crippen LogP contribution < -0.4 is 5.32 Å². The van der Waals surface area contributed by atoms with Gasteiger partial charge < -0.3 is 9.74 Å². The van der Waals surface area contributed by atoms with Crippen LogP contribution in [0.25, 0.3) is 31.8 Å². The molecule has 4 rings (SSSR count). The molecule has 4 aromatic rings. The second-order valence-corrected chi connectivity index (χ2v) is 16.8. The van der Waals surface area contributed by atoms with Crippen molar-refractivity contribution in [1.82, 2.24) is 9.97 Å². The average molecular weight is 563 g/mol. The van der Waals surface area contributed by atoms with Crippen molar-refractivity contribution >= 4 is 58.8 Å². The number of aromatic nitrogens is 2. The Morgan fingerprint density at radius 1 is 1.06 bits per heavy atom. The topological polar surface area (TPSA) is 47.0 Å². The van der Waals surface area contributed by atoms with Crippen LogP contribution in [0.1, 0.15) is 26.3 Å². The first-order valence-electron chi connectivity index (χ1n) is 11.8. The molecule has 0 unspecified atom stereocenters. The quantitative estimate of drug-likeness (QED) is 0.139. The number of hydrogen-bond donors (Lipinski definition) is 1. The lowest BCUT2D eigenvalue weighted by molar-refractivity contribution is 0.301. The summed E-state index contributed by atoms with van der Waals surface area (Å²) in [6.45, 7) is 14.5. The molecule has 2 heterocycles. The molecule has 0 fully saturated rings. The summed E-state index contributed by atoms with van der Waals surface area (Å²) in [6.07, 6.45) is 1.46. The maximum Gasteiger partial charge on any atom is 0.192 e. The molecule has 2 aromatic carbocycles. The number of benzene rings is 2. The van der Waals surface area contributed by atoms with Crippen molar-refractivity contribution in [2.75, 3.05) is 18.5 Å². The molecule has 36 heavy (non-hydrogen) atoms. The average Bonchev–Trinajstić information content (AvgIpc) is 3.20. The van der Waals surface area contributed by atoms with E-state index in [4.69, 9.17) is 27.6 Å². The number of nitrogens with zero attached hydrogens (tertiary/aromatic N) is 2. The van der Waals surface area contributed by atoms with Crippen molar-refractivity contribution in [1.29, 1.82) is 0 Å². The van der Waals surface area contributed by atoms with Crippen molar-refractivity contribution in [2.24, 2.45) is 0 Å². The minimum Gasteiger partial charge on any atom is -0.415 e. The molecule has 1 N–H and O–H groups in total. The zero-order valence-corrected chi connectivity index (χ0v) is 24.6. The number of anilines is 1. The monoisotopic (exact) mass is 561 g/mol. The lowest BCUT2D eigenvalue weighted by Gasteiger charge is -2.36. The third-order valence-electron chi connectivity index (χ3n) is 6.89. The SMILES string of the molecule is Cc1c(-c2c(-c3ccc(F)cc3)sc3ncnc(Cl)c23)ccc(NCCO[Si](C)(C)C(C)(C)C)c1Cl. The molecule has 0 atom stereocenters. The second kappa shape index (κ2) is 10.4. The van der Waals surface area contributed by atoms with Gasteiger partial charge in [-0.05, 0) is 59.9 Å². The van der Waals surface area contributed by atoms with Gasteiger partial charge in [0.2, 0.25) is 0 Å². The molecular weight excluding hydrogens is 532 g/mol. The summed E-state index contributed by atoms with van der Waals surface area (Å²) in [6, 6.07) is 10.5. The summed E-state index contributed by atoms with van der Waals surface area (Å²) in [7, 11) is -1.81. The molecule has 190 valence electrons. The summed E-state index contributed by atoms with van der Waals surface area (Å²) in [5.74, 6) is -0.286. The number of thiophene rings is 1. The van der Waals surface area contributed by atoms with Gasteiger partial charge in [-0.2, -0.15) is 0 Å². The highest BCUT2D eigenvalue weighted by atomic mass is 35.5. The van der Waals surface area contributed by atoms with Crippen molar-refractivity contribution < 1.29 is 8.82 Å². The molecule has 0 aliphatic carbocycles. The summed E-state index contributed by atoms with van der Waals surface area (Å²) in [5, 5.41) is 5.37. The lowest BCUT2D eigenvalue weighted by atomic mass is 9.96. The Morgan fingerprint density at radius 3 is 2.42 bits per heavy atom. The van der Waals surface area contributed by atoms with Crippen molar-refractivity contribution in [3.8, 4) is 21.6 Å². The van der Waals surface area contributed by atoms with Crippen molar-refractivity contribution in [2.45, 2.75) is 45.8 Å². The van der Waals surface area contributed by atoms with Gasteiger partial charge in [0.15, 0.2) is 8.32 Å². The predicted molar refractivity (Wildman–Crippen MR) is 155 cm³/mol. The molecule has 0 spiro atoms. The number of nitrogens with one attached hydrogen (secondary N) is 1. The van der Waals surface area contributed by atoms with Gasteiger partial charge in [0.05, 0.1) is 22.7 Å². The van der Waals surface area contributed by atoms with Gasteiger partial charge in [0.1, 0.15) is 22.1 Å². The zero-order valence-electron chi connectivity index (χ0n) is 21.3. The largest absolute Gasteiger partial charge is 0.415 e. The van der Waals surface area contributed by atoms with Gasteiger partial charge in [-0.25, -0.2) is 14.4 Å². The molecule has 0 bridgehead atoms. The van der Waals surface area contributed by atoms with Gasteiger partial charge in [0.25, 0.3) is 0 Å². The van der Waals surface area contributed by atoms with E-state index in [0.717, 1.165) is 43.0 Å². The molecule has 0 aliphatic heterocycles. The zero-order chi connectivity index (χ0) is 26.3. The Hall–Kier alpha value is -2.03. The summed E-state index contributed by atoms with van der Waals surface area (Å²) in [4.78, 5) is 10.4. The Labute approximate surface area is 227 Å². The Kier molecular flexibility index (Phi) is 7.79.